The van der Waals surface area contributed by atoms with Crippen molar-refractivity contribution in [2.45, 2.75) is 6.04 Å². The molecule has 0 amide bonds. The van der Waals surface area contributed by atoms with Crippen molar-refractivity contribution in [2.24, 2.45) is 5.92 Å². The molecular formula is C17H18NO8+. The van der Waals surface area contributed by atoms with Gasteiger partial charge in [-0.15, -0.1) is 0 Å². The SMILES string of the molecule is COC(=O)C1=C(C(=O)OC)C(C(=O)OC)C(C(=O)OC)[n+]2ccccc21. The monoisotopic (exact) mass is 364 g/mol. The number of carbonyl (C=O) groups is 4. The third-order valence-electron chi connectivity index (χ3n) is 4.03. The van der Waals surface area contributed by atoms with Gasteiger partial charge in [0.15, 0.2) is 12.1 Å². The molecule has 0 radical (unpaired) electrons. The van der Waals surface area contributed by atoms with E-state index in [2.05, 4.69) is 0 Å². The fourth-order valence-corrected chi connectivity index (χ4v) is 2.92. The van der Waals surface area contributed by atoms with Crippen molar-refractivity contribution in [3.05, 3.63) is 35.7 Å². The molecule has 0 saturated heterocycles. The Kier molecular flexibility index (Phi) is 5.71. The van der Waals surface area contributed by atoms with Crippen LogP contribution in [0.3, 0.4) is 0 Å². The predicted molar refractivity (Wildman–Crippen MR) is 84.1 cm³/mol. The summed E-state index contributed by atoms with van der Waals surface area (Å²) in [6.45, 7) is 0. The summed E-state index contributed by atoms with van der Waals surface area (Å²) < 4.78 is 20.4. The minimum Gasteiger partial charge on any atom is -0.468 e. The van der Waals surface area contributed by atoms with E-state index in [4.69, 9.17) is 18.9 Å². The summed E-state index contributed by atoms with van der Waals surface area (Å²) in [6, 6.07) is 3.46. The third-order valence-corrected chi connectivity index (χ3v) is 4.03. The number of methoxy groups -OCH3 is 4. The number of nitrogens with zero attached hydrogens (tertiary/aromatic N) is 1. The van der Waals surface area contributed by atoms with Gasteiger partial charge in [0.25, 0.3) is 6.04 Å². The molecule has 0 bridgehead atoms. The van der Waals surface area contributed by atoms with Crippen LogP contribution in [0.5, 0.6) is 0 Å². The third kappa shape index (κ3) is 3.03. The van der Waals surface area contributed by atoms with Crippen LogP contribution in [0.2, 0.25) is 0 Å². The van der Waals surface area contributed by atoms with Crippen LogP contribution in [0, 0.1) is 5.92 Å². The molecule has 2 unspecified atom stereocenters. The Bertz CT molecular complexity index is 798. The summed E-state index contributed by atoms with van der Waals surface area (Å²) in [7, 11) is 4.49. The van der Waals surface area contributed by atoms with Crippen LogP contribution in [0.15, 0.2) is 30.0 Å². The molecular weight excluding hydrogens is 346 g/mol. The second kappa shape index (κ2) is 7.77. The van der Waals surface area contributed by atoms with Crippen molar-refractivity contribution in [1.82, 2.24) is 0 Å². The van der Waals surface area contributed by atoms with Crippen molar-refractivity contribution in [3.63, 3.8) is 0 Å². The van der Waals surface area contributed by atoms with Gasteiger partial charge < -0.3 is 18.9 Å². The van der Waals surface area contributed by atoms with E-state index in [1.165, 1.54) is 16.8 Å². The first-order valence-electron chi connectivity index (χ1n) is 7.49. The molecule has 2 atom stereocenters. The zero-order valence-electron chi connectivity index (χ0n) is 14.7. The molecule has 1 aliphatic heterocycles. The lowest BCUT2D eigenvalue weighted by Gasteiger charge is -2.27. The maximum absolute atomic E-state index is 12.5. The smallest absolute Gasteiger partial charge is 0.376 e. The van der Waals surface area contributed by atoms with Gasteiger partial charge in [-0.05, 0) is 6.07 Å². The van der Waals surface area contributed by atoms with Crippen molar-refractivity contribution in [3.8, 4) is 0 Å². The summed E-state index contributed by atoms with van der Waals surface area (Å²) in [5.41, 5.74) is -0.307. The van der Waals surface area contributed by atoms with Crippen molar-refractivity contribution >= 4 is 29.5 Å². The standard InChI is InChI=1S/C17H18NO8/c1-23-14(19)10-9-7-5-6-8-18(9)13(17(22)26-4)12(16(21)25-3)11(10)15(20)24-2/h5-8,12-13H,1-4H3/q+1. The van der Waals surface area contributed by atoms with Crippen molar-refractivity contribution in [2.75, 3.05) is 28.4 Å². The van der Waals surface area contributed by atoms with Crippen LogP contribution in [-0.2, 0) is 38.1 Å². The Hall–Kier alpha value is -3.23. The summed E-state index contributed by atoms with van der Waals surface area (Å²) in [4.78, 5) is 49.7. The largest absolute Gasteiger partial charge is 0.468 e. The summed E-state index contributed by atoms with van der Waals surface area (Å²) >= 11 is 0. The van der Waals surface area contributed by atoms with E-state index in [9.17, 15) is 19.2 Å². The molecule has 0 N–H and O–H groups in total. The van der Waals surface area contributed by atoms with Gasteiger partial charge in [0.2, 0.25) is 5.69 Å². The molecule has 9 nitrogen and oxygen atoms in total. The maximum atomic E-state index is 12.5. The topological polar surface area (TPSA) is 109 Å². The lowest BCUT2D eigenvalue weighted by atomic mass is 9.82. The quantitative estimate of drug-likeness (QED) is 0.403. The second-order valence-corrected chi connectivity index (χ2v) is 5.23. The Morgan fingerprint density at radius 3 is 2.00 bits per heavy atom. The Morgan fingerprint density at radius 1 is 0.846 bits per heavy atom. The average Bonchev–Trinajstić information content (AvgIpc) is 2.69. The first-order chi connectivity index (χ1) is 12.4. The molecule has 1 aliphatic rings. The number of rotatable bonds is 4. The number of aromatic nitrogens is 1. The van der Waals surface area contributed by atoms with Gasteiger partial charge >= 0.3 is 23.9 Å². The van der Waals surface area contributed by atoms with Crippen LogP contribution in [0.25, 0.3) is 5.57 Å². The fourth-order valence-electron chi connectivity index (χ4n) is 2.92. The minimum atomic E-state index is -1.45. The number of pyridine rings is 1. The van der Waals surface area contributed by atoms with Gasteiger partial charge in [-0.1, -0.05) is 0 Å². The van der Waals surface area contributed by atoms with E-state index in [1.54, 1.807) is 12.1 Å². The van der Waals surface area contributed by atoms with Crippen LogP contribution >= 0.6 is 0 Å². The molecule has 0 spiro atoms. The Labute approximate surface area is 149 Å². The number of ether oxygens (including phenoxy) is 4. The zero-order chi connectivity index (χ0) is 19.4. The van der Waals surface area contributed by atoms with E-state index in [1.807, 2.05) is 0 Å². The molecule has 1 aromatic rings. The summed E-state index contributed by atoms with van der Waals surface area (Å²) in [5.74, 6) is -4.95. The van der Waals surface area contributed by atoms with E-state index in [0.29, 0.717) is 0 Å². The predicted octanol–water partition coefficient (Wildman–Crippen LogP) is -0.409. The van der Waals surface area contributed by atoms with Crippen LogP contribution in [0.1, 0.15) is 11.7 Å². The number of carbonyl (C=O) groups excluding carboxylic acids is 4. The Morgan fingerprint density at radius 2 is 1.46 bits per heavy atom. The van der Waals surface area contributed by atoms with E-state index < -0.39 is 35.8 Å². The highest BCUT2D eigenvalue weighted by atomic mass is 16.5. The highest BCUT2D eigenvalue weighted by Gasteiger charge is 2.55. The van der Waals surface area contributed by atoms with E-state index >= 15 is 0 Å². The normalized spacial score (nSPS) is 18.5. The van der Waals surface area contributed by atoms with Gasteiger partial charge in [0.1, 0.15) is 5.57 Å². The summed E-state index contributed by atoms with van der Waals surface area (Å²) in [6.07, 6.45) is 1.49. The first-order valence-corrected chi connectivity index (χ1v) is 7.49. The molecule has 1 aromatic heterocycles. The van der Waals surface area contributed by atoms with Gasteiger partial charge in [-0.25, -0.2) is 14.4 Å². The van der Waals surface area contributed by atoms with E-state index in [0.717, 1.165) is 28.4 Å². The zero-order valence-corrected chi connectivity index (χ0v) is 14.7. The van der Waals surface area contributed by atoms with Crippen LogP contribution in [-0.4, -0.2) is 52.3 Å². The van der Waals surface area contributed by atoms with Gasteiger partial charge in [0.05, 0.1) is 34.0 Å². The average molecular weight is 364 g/mol. The van der Waals surface area contributed by atoms with Gasteiger partial charge in [-0.3, -0.25) is 4.79 Å². The number of hydrogen-bond donors (Lipinski definition) is 0. The second-order valence-electron chi connectivity index (χ2n) is 5.23. The van der Waals surface area contributed by atoms with Crippen LogP contribution < -0.4 is 4.57 Å². The fraction of sp³-hybridized carbons (Fsp3) is 0.353. The molecule has 138 valence electrons. The van der Waals surface area contributed by atoms with Crippen molar-refractivity contribution in [1.29, 1.82) is 0 Å². The molecule has 2 rings (SSSR count). The van der Waals surface area contributed by atoms with E-state index in [-0.39, 0.29) is 16.8 Å². The molecule has 0 aromatic carbocycles. The molecule has 0 saturated carbocycles. The molecule has 9 heteroatoms. The highest BCUT2D eigenvalue weighted by Crippen LogP contribution is 2.36. The highest BCUT2D eigenvalue weighted by molar-refractivity contribution is 6.23. The number of fused-ring (bicyclic) bond motifs is 1. The lowest BCUT2D eigenvalue weighted by molar-refractivity contribution is -0.718. The summed E-state index contributed by atoms with van der Waals surface area (Å²) in [5, 5.41) is 0. The first kappa shape index (κ1) is 19.1. The Balaban J connectivity index is 2.93. The molecule has 0 aliphatic carbocycles. The van der Waals surface area contributed by atoms with Crippen LogP contribution in [0.4, 0.5) is 0 Å². The molecule has 0 fully saturated rings. The molecule has 2 heterocycles. The minimum absolute atomic E-state index is 0.185. The maximum Gasteiger partial charge on any atom is 0.376 e. The molecule has 26 heavy (non-hydrogen) atoms. The van der Waals surface area contributed by atoms with Crippen molar-refractivity contribution < 1.29 is 42.7 Å². The lowest BCUT2D eigenvalue weighted by Crippen LogP contribution is -2.57. The number of esters is 4. The number of hydrogen-bond acceptors (Lipinski definition) is 8. The van der Waals surface area contributed by atoms with Gasteiger partial charge in [0, 0.05) is 12.1 Å². The van der Waals surface area contributed by atoms with Gasteiger partial charge in [-0.2, -0.15) is 4.57 Å².